The van der Waals surface area contributed by atoms with Crippen molar-refractivity contribution in [2.45, 2.75) is 0 Å². The first-order chi connectivity index (χ1) is 40.1. The van der Waals surface area contributed by atoms with Gasteiger partial charge in [-0.1, -0.05) is 206 Å². The second-order valence-electron chi connectivity index (χ2n) is 20.1. The third kappa shape index (κ3) is 9.68. The van der Waals surface area contributed by atoms with E-state index in [4.69, 9.17) is 15.0 Å². The Morgan fingerprint density at radius 2 is 0.457 bits per heavy atom. The van der Waals surface area contributed by atoms with Gasteiger partial charge in [-0.3, -0.25) is 0 Å². The summed E-state index contributed by atoms with van der Waals surface area (Å²) in [5, 5.41) is 2.37. The summed E-state index contributed by atoms with van der Waals surface area (Å²) in [5.74, 6) is 1.92. The molecule has 2 heterocycles. The fourth-order valence-corrected chi connectivity index (χ4v) is 11.0. The van der Waals surface area contributed by atoms with Crippen LogP contribution in [0.15, 0.2) is 315 Å². The molecule has 0 radical (unpaired) electrons. The number of hydrogen-bond donors (Lipinski definition) is 0. The van der Waals surface area contributed by atoms with E-state index in [0.29, 0.717) is 17.5 Å². The van der Waals surface area contributed by atoms with Crippen LogP contribution in [0, 0.1) is 0 Å². The fourth-order valence-electron chi connectivity index (χ4n) is 11.0. The summed E-state index contributed by atoms with van der Waals surface area (Å²) in [6.45, 7) is 0. The molecule has 0 atom stereocenters. The van der Waals surface area contributed by atoms with Crippen LogP contribution in [0.25, 0.3) is 95.0 Å². The van der Waals surface area contributed by atoms with E-state index in [2.05, 4.69) is 269 Å². The van der Waals surface area contributed by atoms with Gasteiger partial charge in [-0.25, -0.2) is 15.0 Å². The highest BCUT2D eigenvalue weighted by Gasteiger charge is 2.19. The number of aromatic nitrogens is 4. The molecular weight excluding hydrogens is 985 g/mol. The minimum absolute atomic E-state index is 0.631. The summed E-state index contributed by atoms with van der Waals surface area (Å²) in [7, 11) is 0. The molecule has 14 aromatic rings. The Labute approximate surface area is 471 Å². The average Bonchev–Trinajstić information content (AvgIpc) is 3.94. The van der Waals surface area contributed by atoms with Crippen molar-refractivity contribution in [3.05, 3.63) is 315 Å². The highest BCUT2D eigenvalue weighted by atomic mass is 15.1. The Morgan fingerprint density at radius 3 is 0.802 bits per heavy atom. The molecule has 6 nitrogen and oxygen atoms in total. The Balaban J connectivity index is 0.826. The third-order valence-corrected chi connectivity index (χ3v) is 15.0. The van der Waals surface area contributed by atoms with Gasteiger partial charge in [0, 0.05) is 67.3 Å². The highest BCUT2D eigenvalue weighted by molar-refractivity contribution is 6.11. The van der Waals surface area contributed by atoms with Crippen molar-refractivity contribution >= 4 is 55.9 Å². The topological polar surface area (TPSA) is 50.1 Å². The van der Waals surface area contributed by atoms with Gasteiger partial charge in [0.1, 0.15) is 0 Å². The Bertz CT molecular complexity index is 4120. The standard InChI is InChI=1S/C75H52N6/c1-7-19-57(20-8-1)73-76-74(58-21-9-2-10-22-58)78-75(77-73)59-33-31-53(32-34-59)54-35-47-68(48-36-54)81-71-49-41-60(55-37-43-66(44-38-55)79(62-23-11-3-12-24-62)63-25-13-4-14-26-63)51-69(71)70-52-61(42-50-72(70)81)56-39-45-67(46-40-56)80(64-27-15-5-16-28-64)65-29-17-6-18-30-65/h1-52H. The Hall–Kier alpha value is -11.0. The van der Waals surface area contributed by atoms with Gasteiger partial charge in [-0.15, -0.1) is 0 Å². The number of fused-ring (bicyclic) bond motifs is 3. The van der Waals surface area contributed by atoms with Crippen molar-refractivity contribution in [1.29, 1.82) is 0 Å². The smallest absolute Gasteiger partial charge is 0.164 e. The molecule has 2 aromatic heterocycles. The van der Waals surface area contributed by atoms with E-state index >= 15 is 0 Å². The summed E-state index contributed by atoms with van der Waals surface area (Å²) in [6.07, 6.45) is 0. The maximum absolute atomic E-state index is 4.97. The van der Waals surface area contributed by atoms with E-state index in [0.717, 1.165) is 101 Å². The van der Waals surface area contributed by atoms with Crippen LogP contribution in [-0.2, 0) is 0 Å². The number of para-hydroxylation sites is 4. The average molecular weight is 1040 g/mol. The molecule has 0 aliphatic rings. The summed E-state index contributed by atoms with van der Waals surface area (Å²) in [5.41, 5.74) is 19.6. The largest absolute Gasteiger partial charge is 0.311 e. The SMILES string of the molecule is c1ccc(-c2nc(-c3ccccc3)nc(-c3ccc(-c4ccc(-n5c6ccc(-c7ccc(N(c8ccccc8)c8ccccc8)cc7)cc6c6cc(-c7ccc(N(c8ccccc8)c8ccccc8)cc7)ccc65)cc4)cc3)n2)cc1. The molecule has 0 bridgehead atoms. The minimum atomic E-state index is 0.631. The maximum Gasteiger partial charge on any atom is 0.164 e. The molecule has 0 aliphatic heterocycles. The molecule has 0 N–H and O–H groups in total. The van der Waals surface area contributed by atoms with E-state index < -0.39 is 0 Å². The van der Waals surface area contributed by atoms with Gasteiger partial charge in [-0.2, -0.15) is 0 Å². The van der Waals surface area contributed by atoms with Crippen LogP contribution in [0.3, 0.4) is 0 Å². The zero-order valence-corrected chi connectivity index (χ0v) is 44.2. The summed E-state index contributed by atoms with van der Waals surface area (Å²) in [4.78, 5) is 19.4. The van der Waals surface area contributed by atoms with E-state index in [1.807, 2.05) is 60.7 Å². The lowest BCUT2D eigenvalue weighted by molar-refractivity contribution is 1.07. The highest BCUT2D eigenvalue weighted by Crippen LogP contribution is 2.41. The predicted octanol–water partition coefficient (Wildman–Crippen LogP) is 19.9. The normalized spacial score (nSPS) is 11.2. The van der Waals surface area contributed by atoms with Crippen molar-refractivity contribution in [1.82, 2.24) is 19.5 Å². The Morgan fingerprint density at radius 1 is 0.210 bits per heavy atom. The number of benzene rings is 12. The van der Waals surface area contributed by atoms with Gasteiger partial charge in [-0.05, 0) is 143 Å². The first-order valence-electron chi connectivity index (χ1n) is 27.3. The predicted molar refractivity (Wildman–Crippen MR) is 336 cm³/mol. The van der Waals surface area contributed by atoms with Gasteiger partial charge < -0.3 is 14.4 Å². The number of nitrogens with zero attached hydrogens (tertiary/aromatic N) is 6. The van der Waals surface area contributed by atoms with Crippen molar-refractivity contribution in [2.24, 2.45) is 0 Å². The van der Waals surface area contributed by atoms with Gasteiger partial charge in [0.15, 0.2) is 17.5 Å². The molecule has 382 valence electrons. The first kappa shape index (κ1) is 48.4. The lowest BCUT2D eigenvalue weighted by Gasteiger charge is -2.25. The second-order valence-corrected chi connectivity index (χ2v) is 20.1. The minimum Gasteiger partial charge on any atom is -0.311 e. The Kier molecular flexibility index (Phi) is 12.8. The third-order valence-electron chi connectivity index (χ3n) is 15.0. The van der Waals surface area contributed by atoms with Crippen LogP contribution in [0.5, 0.6) is 0 Å². The molecule has 81 heavy (non-hydrogen) atoms. The van der Waals surface area contributed by atoms with Gasteiger partial charge >= 0.3 is 0 Å². The molecule has 0 unspecified atom stereocenters. The molecule has 0 fully saturated rings. The second kappa shape index (κ2) is 21.5. The van der Waals surface area contributed by atoms with Crippen molar-refractivity contribution in [2.75, 3.05) is 9.80 Å². The van der Waals surface area contributed by atoms with Crippen molar-refractivity contribution in [3.8, 4) is 73.2 Å². The van der Waals surface area contributed by atoms with Gasteiger partial charge in [0.25, 0.3) is 0 Å². The molecule has 12 aromatic carbocycles. The van der Waals surface area contributed by atoms with E-state index in [-0.39, 0.29) is 0 Å². The molecule has 0 saturated heterocycles. The van der Waals surface area contributed by atoms with Crippen LogP contribution < -0.4 is 9.80 Å². The molecule has 6 heteroatoms. The van der Waals surface area contributed by atoms with Crippen LogP contribution >= 0.6 is 0 Å². The summed E-state index contributed by atoms with van der Waals surface area (Å²) in [6, 6.07) is 112. The van der Waals surface area contributed by atoms with Crippen LogP contribution in [0.1, 0.15) is 0 Å². The van der Waals surface area contributed by atoms with E-state index in [1.54, 1.807) is 0 Å². The maximum atomic E-state index is 4.97. The molecule has 0 saturated carbocycles. The fraction of sp³-hybridized carbons (Fsp3) is 0. The van der Waals surface area contributed by atoms with Gasteiger partial charge in [0.05, 0.1) is 11.0 Å². The van der Waals surface area contributed by atoms with Crippen LogP contribution in [0.2, 0.25) is 0 Å². The van der Waals surface area contributed by atoms with Gasteiger partial charge in [0.2, 0.25) is 0 Å². The van der Waals surface area contributed by atoms with Crippen LogP contribution in [0.4, 0.5) is 34.1 Å². The molecular formula is C75H52N6. The van der Waals surface area contributed by atoms with Crippen molar-refractivity contribution < 1.29 is 0 Å². The van der Waals surface area contributed by atoms with E-state index in [9.17, 15) is 0 Å². The lowest BCUT2D eigenvalue weighted by Crippen LogP contribution is -2.09. The number of anilines is 6. The molecule has 0 amide bonds. The van der Waals surface area contributed by atoms with Crippen molar-refractivity contribution in [3.63, 3.8) is 0 Å². The number of hydrogen-bond acceptors (Lipinski definition) is 5. The zero-order chi connectivity index (χ0) is 53.9. The first-order valence-corrected chi connectivity index (χ1v) is 27.3. The van der Waals surface area contributed by atoms with E-state index in [1.165, 1.54) is 10.8 Å². The molecule has 0 spiro atoms. The summed E-state index contributed by atoms with van der Waals surface area (Å²) >= 11 is 0. The quantitative estimate of drug-likeness (QED) is 0.115. The molecule has 0 aliphatic carbocycles. The summed E-state index contributed by atoms with van der Waals surface area (Å²) < 4.78 is 2.40. The monoisotopic (exact) mass is 1040 g/mol. The lowest BCUT2D eigenvalue weighted by atomic mass is 9.99. The zero-order valence-electron chi connectivity index (χ0n) is 44.2. The molecule has 14 rings (SSSR count). The van der Waals surface area contributed by atoms with Crippen LogP contribution in [-0.4, -0.2) is 19.5 Å². The number of rotatable bonds is 13.